The third-order valence-corrected chi connectivity index (χ3v) is 4.75. The number of amides is 1. The number of likely N-dealkylation sites (tertiary alicyclic amines) is 1. The highest BCUT2D eigenvalue weighted by Gasteiger charge is 2.29. The van der Waals surface area contributed by atoms with Crippen LogP contribution in [0.1, 0.15) is 59.8 Å². The lowest BCUT2D eigenvalue weighted by atomic mass is 9.87. The summed E-state index contributed by atoms with van der Waals surface area (Å²) in [5.74, 6) is 2.68. The Kier molecular flexibility index (Phi) is 9.72. The first-order valence-electron chi connectivity index (χ1n) is 9.46. The summed E-state index contributed by atoms with van der Waals surface area (Å²) in [7, 11) is 0. The molecule has 0 aromatic rings. The minimum atomic E-state index is 0.0998. The van der Waals surface area contributed by atoms with Crippen LogP contribution in [-0.2, 0) is 4.79 Å². The highest BCUT2D eigenvalue weighted by Crippen LogP contribution is 2.28. The lowest BCUT2D eigenvalue weighted by Crippen LogP contribution is -2.40. The van der Waals surface area contributed by atoms with Crippen molar-refractivity contribution in [2.45, 2.75) is 59.8 Å². The predicted octanol–water partition coefficient (Wildman–Crippen LogP) is 2.63. The van der Waals surface area contributed by atoms with Crippen LogP contribution >= 0.6 is 0 Å². The summed E-state index contributed by atoms with van der Waals surface area (Å²) in [6.45, 7) is 13.1. The van der Waals surface area contributed by atoms with Gasteiger partial charge in [-0.15, -0.1) is 0 Å². The number of guanidine groups is 1. The van der Waals surface area contributed by atoms with Crippen LogP contribution in [0, 0.1) is 11.8 Å². The fraction of sp³-hybridized carbons (Fsp3) is 0.889. The van der Waals surface area contributed by atoms with E-state index in [0.29, 0.717) is 13.0 Å². The molecule has 0 aliphatic carbocycles. The summed E-state index contributed by atoms with van der Waals surface area (Å²) in [5.41, 5.74) is 0. The first-order valence-corrected chi connectivity index (χ1v) is 9.46. The number of nitrogens with one attached hydrogen (secondary N) is 2. The van der Waals surface area contributed by atoms with Gasteiger partial charge < -0.3 is 15.5 Å². The van der Waals surface area contributed by atoms with Crippen molar-refractivity contribution in [2.75, 3.05) is 32.7 Å². The third kappa shape index (κ3) is 6.80. The van der Waals surface area contributed by atoms with Crippen LogP contribution in [0.3, 0.4) is 0 Å². The van der Waals surface area contributed by atoms with Crippen molar-refractivity contribution < 1.29 is 4.79 Å². The topological polar surface area (TPSA) is 56.7 Å². The van der Waals surface area contributed by atoms with Gasteiger partial charge in [0.2, 0.25) is 5.91 Å². The van der Waals surface area contributed by atoms with Gasteiger partial charge in [0.15, 0.2) is 5.96 Å². The molecule has 0 aromatic heterocycles. The van der Waals surface area contributed by atoms with Crippen molar-refractivity contribution in [1.29, 1.82) is 0 Å². The standard InChI is InChI=1S/C18H36N4O/c1-5-11-20-17(23)9-12-21-18(19-8-4)22-13-10-16(14-22)15(6-2)7-3/h15-16H,5-14H2,1-4H3,(H,19,21)(H,20,23). The number of nitrogens with zero attached hydrogens (tertiary/aromatic N) is 2. The molecule has 0 saturated carbocycles. The number of carbonyl (C=O) groups is 1. The minimum Gasteiger partial charge on any atom is -0.357 e. The highest BCUT2D eigenvalue weighted by atomic mass is 16.1. The third-order valence-electron chi connectivity index (χ3n) is 4.75. The summed E-state index contributed by atoms with van der Waals surface area (Å²) in [4.78, 5) is 18.7. The van der Waals surface area contributed by atoms with Crippen LogP contribution < -0.4 is 10.6 Å². The maximum atomic E-state index is 11.7. The van der Waals surface area contributed by atoms with Gasteiger partial charge in [-0.1, -0.05) is 33.6 Å². The first-order chi connectivity index (χ1) is 11.2. The Hall–Kier alpha value is -1.26. The Bertz CT molecular complexity index is 366. The molecule has 1 heterocycles. The monoisotopic (exact) mass is 324 g/mol. The normalized spacial score (nSPS) is 18.6. The van der Waals surface area contributed by atoms with E-state index in [4.69, 9.17) is 0 Å². The van der Waals surface area contributed by atoms with Crippen LogP contribution in [0.15, 0.2) is 4.99 Å². The zero-order valence-electron chi connectivity index (χ0n) is 15.5. The van der Waals surface area contributed by atoms with E-state index in [0.717, 1.165) is 50.4 Å². The van der Waals surface area contributed by atoms with E-state index >= 15 is 0 Å². The molecule has 1 fully saturated rings. The zero-order chi connectivity index (χ0) is 17.1. The van der Waals surface area contributed by atoms with Gasteiger partial charge in [0.05, 0.1) is 6.54 Å². The van der Waals surface area contributed by atoms with Crippen LogP contribution in [0.4, 0.5) is 0 Å². The second kappa shape index (κ2) is 11.3. The molecular formula is C18H36N4O. The summed E-state index contributed by atoms with van der Waals surface area (Å²) in [6.07, 6.45) is 5.23. The van der Waals surface area contributed by atoms with E-state index in [1.165, 1.54) is 19.3 Å². The van der Waals surface area contributed by atoms with E-state index in [-0.39, 0.29) is 5.91 Å². The van der Waals surface area contributed by atoms with E-state index in [2.05, 4.69) is 48.2 Å². The SMILES string of the molecule is CCCNC(=O)CCN=C(NCC)N1CCC(C(CC)CC)C1. The number of carbonyl (C=O) groups excluding carboxylic acids is 1. The molecule has 1 atom stereocenters. The van der Waals surface area contributed by atoms with Gasteiger partial charge in [0.1, 0.15) is 0 Å². The van der Waals surface area contributed by atoms with Gasteiger partial charge in [-0.2, -0.15) is 0 Å². The molecule has 23 heavy (non-hydrogen) atoms. The Balaban J connectivity index is 2.51. The Labute approximate surface area is 142 Å². The molecule has 1 aliphatic heterocycles. The van der Waals surface area contributed by atoms with E-state index in [1.807, 2.05) is 0 Å². The average Bonchev–Trinajstić information content (AvgIpc) is 3.03. The lowest BCUT2D eigenvalue weighted by molar-refractivity contribution is -0.120. The maximum absolute atomic E-state index is 11.7. The first kappa shape index (κ1) is 19.8. The summed E-state index contributed by atoms with van der Waals surface area (Å²) in [6, 6.07) is 0. The van der Waals surface area contributed by atoms with Crippen LogP contribution in [0.25, 0.3) is 0 Å². The Morgan fingerprint density at radius 3 is 2.57 bits per heavy atom. The lowest BCUT2D eigenvalue weighted by Gasteiger charge is -2.24. The predicted molar refractivity (Wildman–Crippen MR) is 97.6 cm³/mol. The zero-order valence-corrected chi connectivity index (χ0v) is 15.5. The second-order valence-corrected chi connectivity index (χ2v) is 6.41. The van der Waals surface area contributed by atoms with Crippen molar-refractivity contribution in [3.63, 3.8) is 0 Å². The Morgan fingerprint density at radius 1 is 1.22 bits per heavy atom. The highest BCUT2D eigenvalue weighted by molar-refractivity contribution is 5.81. The molecular weight excluding hydrogens is 288 g/mol. The largest absolute Gasteiger partial charge is 0.357 e. The molecule has 5 nitrogen and oxygen atoms in total. The summed E-state index contributed by atoms with van der Waals surface area (Å²) >= 11 is 0. The molecule has 134 valence electrons. The fourth-order valence-electron chi connectivity index (χ4n) is 3.36. The van der Waals surface area contributed by atoms with E-state index in [9.17, 15) is 4.79 Å². The van der Waals surface area contributed by atoms with Crippen LogP contribution in [0.2, 0.25) is 0 Å². The minimum absolute atomic E-state index is 0.0998. The number of aliphatic imine (C=N–C) groups is 1. The quantitative estimate of drug-likeness (QED) is 0.506. The fourth-order valence-corrected chi connectivity index (χ4v) is 3.36. The van der Waals surface area contributed by atoms with E-state index in [1.54, 1.807) is 0 Å². The molecule has 0 spiro atoms. The Morgan fingerprint density at radius 2 is 1.96 bits per heavy atom. The van der Waals surface area contributed by atoms with Gasteiger partial charge in [0, 0.05) is 32.6 Å². The molecule has 2 N–H and O–H groups in total. The molecule has 1 unspecified atom stereocenters. The molecule has 0 bridgehead atoms. The van der Waals surface area contributed by atoms with Gasteiger partial charge >= 0.3 is 0 Å². The van der Waals surface area contributed by atoms with Crippen molar-refractivity contribution in [1.82, 2.24) is 15.5 Å². The smallest absolute Gasteiger partial charge is 0.221 e. The molecule has 1 amide bonds. The molecule has 1 aliphatic rings. The molecule has 0 aromatic carbocycles. The molecule has 0 radical (unpaired) electrons. The number of hydrogen-bond acceptors (Lipinski definition) is 2. The summed E-state index contributed by atoms with van der Waals surface area (Å²) < 4.78 is 0. The molecule has 1 saturated heterocycles. The summed E-state index contributed by atoms with van der Waals surface area (Å²) in [5, 5.41) is 6.28. The van der Waals surface area contributed by atoms with Crippen molar-refractivity contribution in [2.24, 2.45) is 16.8 Å². The molecule has 1 rings (SSSR count). The van der Waals surface area contributed by atoms with Crippen LogP contribution in [-0.4, -0.2) is 49.5 Å². The van der Waals surface area contributed by atoms with Gasteiger partial charge in [-0.05, 0) is 31.6 Å². The van der Waals surface area contributed by atoms with Crippen molar-refractivity contribution in [3.05, 3.63) is 0 Å². The van der Waals surface area contributed by atoms with Gasteiger partial charge in [-0.3, -0.25) is 9.79 Å². The van der Waals surface area contributed by atoms with Crippen molar-refractivity contribution >= 4 is 11.9 Å². The average molecular weight is 325 g/mol. The number of rotatable bonds is 9. The van der Waals surface area contributed by atoms with Gasteiger partial charge in [-0.25, -0.2) is 0 Å². The molecule has 5 heteroatoms. The van der Waals surface area contributed by atoms with Gasteiger partial charge in [0.25, 0.3) is 0 Å². The van der Waals surface area contributed by atoms with Crippen molar-refractivity contribution in [3.8, 4) is 0 Å². The van der Waals surface area contributed by atoms with Crippen LogP contribution in [0.5, 0.6) is 0 Å². The second-order valence-electron chi connectivity index (χ2n) is 6.41. The number of hydrogen-bond donors (Lipinski definition) is 2. The maximum Gasteiger partial charge on any atom is 0.221 e. The van der Waals surface area contributed by atoms with E-state index < -0.39 is 0 Å².